The fraction of sp³-hybridized carbons (Fsp3) is 0.353. The molecule has 0 spiro atoms. The van der Waals surface area contributed by atoms with Crippen LogP contribution in [0.2, 0.25) is 0 Å². The van der Waals surface area contributed by atoms with Crippen LogP contribution in [0.3, 0.4) is 0 Å². The topological polar surface area (TPSA) is 79.3 Å². The van der Waals surface area contributed by atoms with Gasteiger partial charge in [0.05, 0.1) is 23.2 Å². The second kappa shape index (κ2) is 5.09. The maximum Gasteiger partial charge on any atom is 0.310 e. The minimum atomic E-state index is -0.928. The second-order valence-corrected chi connectivity index (χ2v) is 6.15. The monoisotopic (exact) mass is 298 g/mol. The molecule has 22 heavy (non-hydrogen) atoms. The first kappa shape index (κ1) is 14.5. The van der Waals surface area contributed by atoms with Gasteiger partial charge in [-0.05, 0) is 12.3 Å². The van der Waals surface area contributed by atoms with Gasteiger partial charge in [-0.1, -0.05) is 38.1 Å². The Morgan fingerprint density at radius 1 is 1.32 bits per heavy atom. The number of carboxylic acid groups (broad SMARTS) is 1. The first-order valence-electron chi connectivity index (χ1n) is 7.34. The van der Waals surface area contributed by atoms with Gasteiger partial charge in [-0.25, -0.2) is 0 Å². The Bertz CT molecular complexity index is 751. The molecule has 1 aliphatic carbocycles. The molecular formula is C17H18N2O3. The number of aliphatic carboxylic acids is 1. The molecule has 0 radical (unpaired) electrons. The summed E-state index contributed by atoms with van der Waals surface area (Å²) >= 11 is 0. The Morgan fingerprint density at radius 3 is 2.68 bits per heavy atom. The fourth-order valence-electron chi connectivity index (χ4n) is 3.16. The number of nitrogens with one attached hydrogen (secondary N) is 1. The van der Waals surface area contributed by atoms with Crippen LogP contribution in [0.5, 0.6) is 0 Å². The molecule has 2 unspecified atom stereocenters. The van der Waals surface area contributed by atoms with Gasteiger partial charge in [-0.15, -0.1) is 0 Å². The lowest BCUT2D eigenvalue weighted by atomic mass is 9.89. The Hall–Kier alpha value is -2.43. The quantitative estimate of drug-likeness (QED) is 0.909. The smallest absolute Gasteiger partial charge is 0.310 e. The number of benzene rings is 1. The summed E-state index contributed by atoms with van der Waals surface area (Å²) in [5, 5.41) is 14.1. The van der Waals surface area contributed by atoms with Crippen LogP contribution < -0.4 is 5.32 Å². The van der Waals surface area contributed by atoms with Crippen molar-refractivity contribution in [1.82, 2.24) is 4.98 Å². The van der Waals surface area contributed by atoms with Crippen LogP contribution in [0.1, 0.15) is 20.3 Å². The molecule has 0 saturated heterocycles. The molecule has 2 N–H and O–H groups in total. The zero-order valence-electron chi connectivity index (χ0n) is 12.5. The van der Waals surface area contributed by atoms with E-state index in [0.717, 1.165) is 10.8 Å². The van der Waals surface area contributed by atoms with Crippen molar-refractivity contribution in [3.05, 3.63) is 36.7 Å². The second-order valence-electron chi connectivity index (χ2n) is 6.15. The van der Waals surface area contributed by atoms with E-state index in [1.165, 1.54) is 0 Å². The minimum Gasteiger partial charge on any atom is -0.481 e. The van der Waals surface area contributed by atoms with E-state index in [1.54, 1.807) is 12.4 Å². The summed E-state index contributed by atoms with van der Waals surface area (Å²) in [6.07, 6.45) is 3.72. The molecule has 114 valence electrons. The van der Waals surface area contributed by atoms with Crippen LogP contribution in [0.25, 0.3) is 10.8 Å². The highest BCUT2D eigenvalue weighted by Crippen LogP contribution is 2.58. The van der Waals surface area contributed by atoms with Gasteiger partial charge in [0, 0.05) is 17.0 Å². The number of carbonyl (C=O) groups excluding carboxylic acids is 1. The van der Waals surface area contributed by atoms with Crippen LogP contribution >= 0.6 is 0 Å². The minimum absolute atomic E-state index is 0.0774. The lowest BCUT2D eigenvalue weighted by Gasteiger charge is -2.16. The standard InChI is InChI=1S/C17H18N2O3/c1-10(2)17(16(21)22)7-13(17)15(20)19-14-9-18-8-11-5-3-4-6-12(11)14/h3-6,8-10,13H,7H2,1-2H3,(H,19,20)(H,21,22). The number of rotatable bonds is 4. The predicted molar refractivity (Wildman–Crippen MR) is 83.4 cm³/mol. The number of aromatic nitrogens is 1. The zero-order chi connectivity index (χ0) is 15.9. The molecule has 5 heteroatoms. The van der Waals surface area contributed by atoms with Crippen molar-refractivity contribution in [2.24, 2.45) is 17.3 Å². The highest BCUT2D eigenvalue weighted by Gasteiger charge is 2.65. The van der Waals surface area contributed by atoms with Crippen molar-refractivity contribution < 1.29 is 14.7 Å². The molecule has 1 saturated carbocycles. The van der Waals surface area contributed by atoms with E-state index in [0.29, 0.717) is 12.1 Å². The number of fused-ring (bicyclic) bond motifs is 1. The number of nitrogens with zero attached hydrogens (tertiary/aromatic N) is 1. The number of pyridine rings is 1. The predicted octanol–water partition coefficient (Wildman–Crippen LogP) is 2.92. The van der Waals surface area contributed by atoms with Crippen molar-refractivity contribution in [3.63, 3.8) is 0 Å². The Balaban J connectivity index is 1.85. The Morgan fingerprint density at radius 2 is 2.05 bits per heavy atom. The number of hydrogen-bond donors (Lipinski definition) is 2. The molecule has 3 rings (SSSR count). The van der Waals surface area contributed by atoms with Gasteiger partial charge in [-0.2, -0.15) is 0 Å². The molecule has 1 fully saturated rings. The van der Waals surface area contributed by atoms with Crippen LogP contribution in [-0.2, 0) is 9.59 Å². The summed E-state index contributed by atoms with van der Waals surface area (Å²) in [5.74, 6) is -1.69. The van der Waals surface area contributed by atoms with E-state index in [1.807, 2.05) is 38.1 Å². The SMILES string of the molecule is CC(C)C1(C(=O)O)CC1C(=O)Nc1cncc2ccccc12. The first-order chi connectivity index (χ1) is 10.5. The van der Waals surface area contributed by atoms with Crippen LogP contribution in [-0.4, -0.2) is 22.0 Å². The average molecular weight is 298 g/mol. The third-order valence-electron chi connectivity index (χ3n) is 4.67. The van der Waals surface area contributed by atoms with E-state index in [2.05, 4.69) is 10.3 Å². The van der Waals surface area contributed by atoms with E-state index < -0.39 is 17.3 Å². The van der Waals surface area contributed by atoms with Crippen molar-refractivity contribution in [3.8, 4) is 0 Å². The van der Waals surface area contributed by atoms with Crippen LogP contribution in [0, 0.1) is 17.3 Å². The first-order valence-corrected chi connectivity index (χ1v) is 7.34. The molecule has 1 aliphatic rings. The van der Waals surface area contributed by atoms with Gasteiger partial charge in [0.1, 0.15) is 0 Å². The Kier molecular flexibility index (Phi) is 3.35. The fourth-order valence-corrected chi connectivity index (χ4v) is 3.16. The Labute approximate surface area is 128 Å². The molecule has 0 bridgehead atoms. The van der Waals surface area contributed by atoms with Crippen molar-refractivity contribution in [2.45, 2.75) is 20.3 Å². The summed E-state index contributed by atoms with van der Waals surface area (Å²) in [4.78, 5) is 28.1. The normalized spacial score (nSPS) is 23.5. The summed E-state index contributed by atoms with van der Waals surface area (Å²) in [5.41, 5.74) is -0.305. The summed E-state index contributed by atoms with van der Waals surface area (Å²) in [7, 11) is 0. The average Bonchev–Trinajstić information content (AvgIpc) is 3.25. The molecule has 5 nitrogen and oxygen atoms in total. The van der Waals surface area contributed by atoms with E-state index >= 15 is 0 Å². The molecular weight excluding hydrogens is 280 g/mol. The highest BCUT2D eigenvalue weighted by atomic mass is 16.4. The number of carboxylic acids is 1. The number of carbonyl (C=O) groups is 2. The van der Waals surface area contributed by atoms with Gasteiger partial charge in [0.15, 0.2) is 0 Å². The summed E-state index contributed by atoms with van der Waals surface area (Å²) in [6.45, 7) is 3.70. The molecule has 1 aromatic carbocycles. The van der Waals surface area contributed by atoms with Gasteiger partial charge < -0.3 is 10.4 Å². The van der Waals surface area contributed by atoms with Crippen molar-refractivity contribution >= 4 is 28.3 Å². The van der Waals surface area contributed by atoms with Gasteiger partial charge in [0.2, 0.25) is 5.91 Å². The third kappa shape index (κ3) is 2.13. The van der Waals surface area contributed by atoms with Gasteiger partial charge in [-0.3, -0.25) is 14.6 Å². The van der Waals surface area contributed by atoms with Gasteiger partial charge >= 0.3 is 5.97 Å². The van der Waals surface area contributed by atoms with Crippen molar-refractivity contribution in [2.75, 3.05) is 5.32 Å². The van der Waals surface area contributed by atoms with Gasteiger partial charge in [0.25, 0.3) is 0 Å². The molecule has 2 atom stereocenters. The van der Waals surface area contributed by atoms with Crippen LogP contribution in [0.4, 0.5) is 5.69 Å². The van der Waals surface area contributed by atoms with Crippen molar-refractivity contribution in [1.29, 1.82) is 0 Å². The molecule has 1 aromatic heterocycles. The maximum absolute atomic E-state index is 12.4. The van der Waals surface area contributed by atoms with E-state index in [9.17, 15) is 14.7 Å². The molecule has 2 aromatic rings. The maximum atomic E-state index is 12.4. The lowest BCUT2D eigenvalue weighted by molar-refractivity contribution is -0.147. The number of amides is 1. The van der Waals surface area contributed by atoms with E-state index in [-0.39, 0.29) is 11.8 Å². The summed E-state index contributed by atoms with van der Waals surface area (Å²) in [6, 6.07) is 7.63. The lowest BCUT2D eigenvalue weighted by Crippen LogP contribution is -2.28. The largest absolute Gasteiger partial charge is 0.481 e. The van der Waals surface area contributed by atoms with Crippen LogP contribution in [0.15, 0.2) is 36.7 Å². The summed E-state index contributed by atoms with van der Waals surface area (Å²) < 4.78 is 0. The third-order valence-corrected chi connectivity index (χ3v) is 4.67. The zero-order valence-corrected chi connectivity index (χ0v) is 12.5. The highest BCUT2D eigenvalue weighted by molar-refractivity contribution is 6.05. The van der Waals surface area contributed by atoms with E-state index in [4.69, 9.17) is 0 Å². The number of hydrogen-bond acceptors (Lipinski definition) is 3. The molecule has 1 heterocycles. The number of anilines is 1. The molecule has 0 aliphatic heterocycles. The molecule has 1 amide bonds.